The summed E-state index contributed by atoms with van der Waals surface area (Å²) in [6.07, 6.45) is 0. The van der Waals surface area contributed by atoms with Gasteiger partial charge >= 0.3 is 5.97 Å². The molecule has 0 aromatic heterocycles. The van der Waals surface area contributed by atoms with Crippen LogP contribution in [0.25, 0.3) is 21.5 Å². The monoisotopic (exact) mass is 329 g/mol. The predicted molar refractivity (Wildman–Crippen MR) is 82.0 cm³/mol. The maximum absolute atomic E-state index is 11.7. The van der Waals surface area contributed by atoms with Gasteiger partial charge in [-0.15, -0.1) is 0 Å². The van der Waals surface area contributed by atoms with Gasteiger partial charge in [0.2, 0.25) is 6.79 Å². The minimum absolute atomic E-state index is 0.0392. The number of carboxylic acid groups (broad SMARTS) is 1. The highest BCUT2D eigenvalue weighted by molar-refractivity contribution is 6.21. The summed E-state index contributed by atoms with van der Waals surface area (Å²) >= 11 is 0. The zero-order valence-electron chi connectivity index (χ0n) is 12.1. The third-order valence-corrected chi connectivity index (χ3v) is 4.03. The highest BCUT2D eigenvalue weighted by Crippen LogP contribution is 2.47. The van der Waals surface area contributed by atoms with Crippen molar-refractivity contribution in [3.63, 3.8) is 0 Å². The van der Waals surface area contributed by atoms with Gasteiger partial charge in [-0.05, 0) is 17.5 Å². The highest BCUT2D eigenvalue weighted by atomic mass is 16.8. The lowest BCUT2D eigenvalue weighted by Gasteiger charge is -2.18. The van der Waals surface area contributed by atoms with Crippen molar-refractivity contribution in [3.05, 3.63) is 41.1 Å². The van der Waals surface area contributed by atoms with Crippen LogP contribution in [0.3, 0.4) is 0 Å². The molecule has 0 radical (unpaired) electrons. The maximum atomic E-state index is 11.7. The number of aromatic hydroxyl groups is 1. The fraction of sp³-hybridized carbons (Fsp3) is 0.0625. The van der Waals surface area contributed by atoms with Crippen LogP contribution in [0, 0.1) is 5.21 Å². The summed E-state index contributed by atoms with van der Waals surface area (Å²) in [7, 11) is 0. The number of fused-ring (bicyclic) bond motifs is 5. The van der Waals surface area contributed by atoms with Crippen molar-refractivity contribution in [2.75, 3.05) is 6.79 Å². The zero-order chi connectivity index (χ0) is 17.0. The molecule has 4 rings (SSSR count). The lowest BCUT2D eigenvalue weighted by atomic mass is 9.95. The Balaban J connectivity index is 2.33. The summed E-state index contributed by atoms with van der Waals surface area (Å²) in [5.74, 6) is -0.883. The van der Waals surface area contributed by atoms with Gasteiger partial charge in [0.15, 0.2) is 17.2 Å². The van der Waals surface area contributed by atoms with Crippen LogP contribution in [-0.4, -0.2) is 28.2 Å². The molecule has 4 N–H and O–H groups in total. The normalized spacial score (nSPS) is 14.2. The van der Waals surface area contributed by atoms with Gasteiger partial charge in [0.1, 0.15) is 5.75 Å². The van der Waals surface area contributed by atoms with Crippen molar-refractivity contribution in [2.24, 2.45) is 0 Å². The number of quaternary nitrogens is 1. The van der Waals surface area contributed by atoms with E-state index in [9.17, 15) is 25.4 Å². The topological polar surface area (TPSA) is 124 Å². The van der Waals surface area contributed by atoms with Gasteiger partial charge in [-0.25, -0.2) is 10.0 Å². The van der Waals surface area contributed by atoms with Crippen LogP contribution in [0.2, 0.25) is 0 Å². The first-order valence-corrected chi connectivity index (χ1v) is 6.96. The van der Waals surface area contributed by atoms with Crippen molar-refractivity contribution >= 4 is 33.2 Å². The van der Waals surface area contributed by atoms with Crippen LogP contribution in [0.15, 0.2) is 30.3 Å². The summed E-state index contributed by atoms with van der Waals surface area (Å²) in [4.78, 5) is 11.7. The summed E-state index contributed by atoms with van der Waals surface area (Å²) in [6.45, 7) is -0.0921. The molecule has 0 fully saturated rings. The van der Waals surface area contributed by atoms with Crippen LogP contribution in [0.4, 0.5) is 5.69 Å². The van der Waals surface area contributed by atoms with Crippen molar-refractivity contribution in [2.45, 2.75) is 0 Å². The molecular weight excluding hydrogens is 318 g/mol. The van der Waals surface area contributed by atoms with Crippen LogP contribution >= 0.6 is 0 Å². The van der Waals surface area contributed by atoms with E-state index in [0.29, 0.717) is 16.2 Å². The summed E-state index contributed by atoms with van der Waals surface area (Å²) < 4.78 is 10.7. The van der Waals surface area contributed by atoms with Crippen molar-refractivity contribution in [1.82, 2.24) is 0 Å². The molecule has 0 bridgehead atoms. The first kappa shape index (κ1) is 14.5. The second kappa shape index (κ2) is 4.96. The molecule has 8 heteroatoms. The number of benzene rings is 3. The number of phenols is 1. The number of phenolic OH excluding ortho intramolecular Hbond substituents is 1. The Kier molecular flexibility index (Phi) is 3.00. The number of aromatic carboxylic acids is 1. The van der Waals surface area contributed by atoms with E-state index in [1.165, 1.54) is 18.2 Å². The number of carbonyl (C=O) groups is 1. The molecule has 0 amide bonds. The molecule has 1 unspecified atom stereocenters. The molecule has 0 saturated heterocycles. The van der Waals surface area contributed by atoms with Crippen LogP contribution in [0.5, 0.6) is 17.2 Å². The molecule has 24 heavy (non-hydrogen) atoms. The first-order valence-electron chi connectivity index (χ1n) is 6.96. The Hall–Kier alpha value is -3.07. The fourth-order valence-electron chi connectivity index (χ4n) is 3.06. The molecule has 3 aromatic rings. The van der Waals surface area contributed by atoms with E-state index >= 15 is 0 Å². The van der Waals surface area contributed by atoms with Gasteiger partial charge in [0.25, 0.3) is 0 Å². The summed E-state index contributed by atoms with van der Waals surface area (Å²) in [5.41, 5.74) is -0.424. The third-order valence-electron chi connectivity index (χ3n) is 4.03. The van der Waals surface area contributed by atoms with Gasteiger partial charge in [-0.2, -0.15) is 5.23 Å². The molecule has 1 aliphatic rings. The fourth-order valence-corrected chi connectivity index (χ4v) is 3.06. The molecule has 1 heterocycles. The van der Waals surface area contributed by atoms with Crippen LogP contribution in [-0.2, 0) is 0 Å². The van der Waals surface area contributed by atoms with Gasteiger partial charge in [0, 0.05) is 16.8 Å². The SMILES string of the molecule is O=C(O)c1cc2c(c3c1c([NH+]([O-])O)cc1c(O)cccc13)OCO2. The predicted octanol–water partition coefficient (Wildman–Crippen LogP) is 1.53. The van der Waals surface area contributed by atoms with Crippen LogP contribution < -0.4 is 14.7 Å². The number of rotatable bonds is 2. The second-order valence-corrected chi connectivity index (χ2v) is 5.31. The molecule has 1 aliphatic heterocycles. The molecule has 122 valence electrons. The van der Waals surface area contributed by atoms with Gasteiger partial charge in [-0.3, -0.25) is 0 Å². The second-order valence-electron chi connectivity index (χ2n) is 5.31. The van der Waals surface area contributed by atoms with E-state index < -0.39 is 11.2 Å². The summed E-state index contributed by atoms with van der Waals surface area (Å²) in [5, 5.41) is 40.6. The van der Waals surface area contributed by atoms with E-state index in [4.69, 9.17) is 9.47 Å². The van der Waals surface area contributed by atoms with Crippen molar-refractivity contribution in [1.29, 1.82) is 0 Å². The number of carboxylic acids is 1. The molecule has 0 spiro atoms. The Morgan fingerprint density at radius 2 is 1.96 bits per heavy atom. The highest BCUT2D eigenvalue weighted by Gasteiger charge is 2.28. The standard InChI is InChI=1S/C16H11NO7/c18-11-3-1-2-7-8(11)4-10(17(21)22)13-9(16(19)20)5-12-15(14(7)13)24-6-23-12/h1-5,17-18,21H,6H2,(H,19,20). The maximum Gasteiger partial charge on any atom is 0.336 e. The number of nitrogens with one attached hydrogen (secondary N) is 1. The Morgan fingerprint density at radius 3 is 2.67 bits per heavy atom. The van der Waals surface area contributed by atoms with E-state index in [2.05, 4.69) is 0 Å². The lowest BCUT2D eigenvalue weighted by Crippen LogP contribution is -2.99. The average molecular weight is 329 g/mol. The quantitative estimate of drug-likeness (QED) is 0.415. The van der Waals surface area contributed by atoms with Gasteiger partial charge in [0.05, 0.1) is 10.9 Å². The number of ether oxygens (including phenoxy) is 2. The summed E-state index contributed by atoms with van der Waals surface area (Å²) in [6, 6.07) is 7.21. The van der Waals surface area contributed by atoms with E-state index in [0.717, 1.165) is 0 Å². The zero-order valence-corrected chi connectivity index (χ0v) is 12.1. The number of hydrogen-bond donors (Lipinski definition) is 4. The Labute approximate surface area is 134 Å². The molecule has 8 nitrogen and oxygen atoms in total. The molecule has 3 aromatic carbocycles. The van der Waals surface area contributed by atoms with E-state index in [-0.39, 0.29) is 40.7 Å². The van der Waals surface area contributed by atoms with Crippen molar-refractivity contribution in [3.8, 4) is 17.2 Å². The van der Waals surface area contributed by atoms with E-state index in [1.807, 2.05) is 0 Å². The first-order chi connectivity index (χ1) is 11.5. The smallest absolute Gasteiger partial charge is 0.336 e. The Bertz CT molecular complexity index is 1010. The third kappa shape index (κ3) is 1.88. The number of hydrogen-bond acceptors (Lipinski definition) is 6. The minimum Gasteiger partial charge on any atom is -0.595 e. The lowest BCUT2D eigenvalue weighted by molar-refractivity contribution is -0.990. The van der Waals surface area contributed by atoms with Crippen LogP contribution in [0.1, 0.15) is 10.4 Å². The molecule has 1 atom stereocenters. The largest absolute Gasteiger partial charge is 0.595 e. The van der Waals surface area contributed by atoms with E-state index in [1.54, 1.807) is 12.1 Å². The molecular formula is C16H11NO7. The molecule has 0 saturated carbocycles. The van der Waals surface area contributed by atoms with Gasteiger partial charge in [-0.1, -0.05) is 12.1 Å². The minimum atomic E-state index is -1.30. The average Bonchev–Trinajstić information content (AvgIpc) is 3.01. The van der Waals surface area contributed by atoms with Gasteiger partial charge < -0.3 is 24.9 Å². The van der Waals surface area contributed by atoms with Crippen molar-refractivity contribution < 1.29 is 34.9 Å². The molecule has 0 aliphatic carbocycles. The Morgan fingerprint density at radius 1 is 1.17 bits per heavy atom.